The maximum absolute atomic E-state index is 5.40. The standard InChI is InChI=1S/C14H22N2O/c1-15-12(11-8-9-11)10-16(2)13-6-4-5-7-14(13)17-3/h4-7,11-12,15H,8-10H2,1-3H3. The first-order valence-electron chi connectivity index (χ1n) is 6.27. The highest BCUT2D eigenvalue weighted by atomic mass is 16.5. The molecule has 1 unspecified atom stereocenters. The minimum Gasteiger partial charge on any atom is -0.495 e. The van der Waals surface area contributed by atoms with Gasteiger partial charge in [0.15, 0.2) is 0 Å². The van der Waals surface area contributed by atoms with E-state index in [0.717, 1.165) is 23.9 Å². The number of hydrogen-bond acceptors (Lipinski definition) is 3. The van der Waals surface area contributed by atoms with E-state index in [-0.39, 0.29) is 0 Å². The van der Waals surface area contributed by atoms with Crippen molar-refractivity contribution >= 4 is 5.69 Å². The molecule has 0 aromatic heterocycles. The zero-order valence-corrected chi connectivity index (χ0v) is 10.9. The van der Waals surface area contributed by atoms with E-state index in [1.807, 2.05) is 12.1 Å². The summed E-state index contributed by atoms with van der Waals surface area (Å²) < 4.78 is 5.40. The van der Waals surface area contributed by atoms with Crippen LogP contribution in [0.3, 0.4) is 0 Å². The van der Waals surface area contributed by atoms with Gasteiger partial charge in [-0.3, -0.25) is 0 Å². The third kappa shape index (κ3) is 2.91. The summed E-state index contributed by atoms with van der Waals surface area (Å²) in [6, 6.07) is 8.77. The fourth-order valence-corrected chi connectivity index (χ4v) is 2.31. The van der Waals surface area contributed by atoms with E-state index in [9.17, 15) is 0 Å². The number of nitrogens with zero attached hydrogens (tertiary/aromatic N) is 1. The van der Waals surface area contributed by atoms with E-state index in [2.05, 4.69) is 36.4 Å². The zero-order valence-electron chi connectivity index (χ0n) is 10.9. The van der Waals surface area contributed by atoms with Crippen LogP contribution in [0.1, 0.15) is 12.8 Å². The lowest BCUT2D eigenvalue weighted by Gasteiger charge is -2.26. The molecule has 1 aromatic carbocycles. The van der Waals surface area contributed by atoms with Gasteiger partial charge in [-0.2, -0.15) is 0 Å². The summed E-state index contributed by atoms with van der Waals surface area (Å²) in [6.45, 7) is 1.03. The Kier molecular flexibility index (Phi) is 3.89. The lowest BCUT2D eigenvalue weighted by molar-refractivity contribution is 0.413. The van der Waals surface area contributed by atoms with Gasteiger partial charge < -0.3 is 15.0 Å². The molecule has 1 aliphatic rings. The van der Waals surface area contributed by atoms with Gasteiger partial charge in [0.25, 0.3) is 0 Å². The summed E-state index contributed by atoms with van der Waals surface area (Å²) in [5.74, 6) is 1.80. The Morgan fingerprint density at radius 1 is 1.41 bits per heavy atom. The molecule has 1 aliphatic carbocycles. The van der Waals surface area contributed by atoms with E-state index < -0.39 is 0 Å². The van der Waals surface area contributed by atoms with Crippen molar-refractivity contribution in [1.82, 2.24) is 5.32 Å². The summed E-state index contributed by atoms with van der Waals surface area (Å²) >= 11 is 0. The van der Waals surface area contributed by atoms with Crippen LogP contribution in [0, 0.1) is 5.92 Å². The maximum Gasteiger partial charge on any atom is 0.142 e. The van der Waals surface area contributed by atoms with Crippen molar-refractivity contribution in [3.05, 3.63) is 24.3 Å². The summed E-state index contributed by atoms with van der Waals surface area (Å²) in [6.07, 6.45) is 2.73. The lowest BCUT2D eigenvalue weighted by Crippen LogP contribution is -2.39. The molecule has 0 aliphatic heterocycles. The average Bonchev–Trinajstić information content (AvgIpc) is 3.19. The Labute approximate surface area is 104 Å². The number of likely N-dealkylation sites (N-methyl/N-ethyl adjacent to an activating group) is 2. The molecule has 1 atom stereocenters. The van der Waals surface area contributed by atoms with Gasteiger partial charge in [0.2, 0.25) is 0 Å². The summed E-state index contributed by atoms with van der Waals surface area (Å²) in [5, 5.41) is 3.42. The fourth-order valence-electron chi connectivity index (χ4n) is 2.31. The molecule has 0 amide bonds. The molecule has 1 fully saturated rings. The maximum atomic E-state index is 5.40. The van der Waals surface area contributed by atoms with Crippen LogP contribution in [0.5, 0.6) is 5.75 Å². The summed E-state index contributed by atoms with van der Waals surface area (Å²) in [5.41, 5.74) is 1.16. The van der Waals surface area contributed by atoms with Gasteiger partial charge in [0, 0.05) is 19.6 Å². The van der Waals surface area contributed by atoms with E-state index >= 15 is 0 Å². The van der Waals surface area contributed by atoms with Crippen molar-refractivity contribution in [2.75, 3.05) is 32.6 Å². The van der Waals surface area contributed by atoms with Crippen LogP contribution in [0.2, 0.25) is 0 Å². The van der Waals surface area contributed by atoms with Gasteiger partial charge in [-0.1, -0.05) is 12.1 Å². The highest BCUT2D eigenvalue weighted by molar-refractivity contribution is 5.57. The first-order chi connectivity index (χ1) is 8.26. The smallest absolute Gasteiger partial charge is 0.142 e. The van der Waals surface area contributed by atoms with Gasteiger partial charge in [-0.05, 0) is 37.9 Å². The molecular weight excluding hydrogens is 212 g/mol. The molecule has 1 N–H and O–H groups in total. The second-order valence-corrected chi connectivity index (χ2v) is 4.78. The first-order valence-corrected chi connectivity index (χ1v) is 6.27. The van der Waals surface area contributed by atoms with E-state index in [1.54, 1.807) is 7.11 Å². The molecule has 0 bridgehead atoms. The monoisotopic (exact) mass is 234 g/mol. The SMILES string of the molecule is CNC(CN(C)c1ccccc1OC)C1CC1. The van der Waals surface area contributed by atoms with Gasteiger partial charge >= 0.3 is 0 Å². The number of nitrogens with one attached hydrogen (secondary N) is 1. The highest BCUT2D eigenvalue weighted by Gasteiger charge is 2.31. The second kappa shape index (κ2) is 5.41. The summed E-state index contributed by atoms with van der Waals surface area (Å²) in [7, 11) is 5.91. The van der Waals surface area contributed by atoms with Gasteiger partial charge in [-0.15, -0.1) is 0 Å². The molecule has 17 heavy (non-hydrogen) atoms. The van der Waals surface area contributed by atoms with Crippen LogP contribution in [0.25, 0.3) is 0 Å². The predicted octanol–water partition coefficient (Wildman–Crippen LogP) is 2.13. The first kappa shape index (κ1) is 12.2. The van der Waals surface area contributed by atoms with E-state index in [1.165, 1.54) is 12.8 Å². The second-order valence-electron chi connectivity index (χ2n) is 4.78. The molecule has 3 heteroatoms. The average molecular weight is 234 g/mol. The van der Waals surface area contributed by atoms with Crippen LogP contribution >= 0.6 is 0 Å². The zero-order chi connectivity index (χ0) is 12.3. The van der Waals surface area contributed by atoms with Crippen LogP contribution in [-0.4, -0.2) is 33.8 Å². The van der Waals surface area contributed by atoms with Gasteiger partial charge in [0.05, 0.1) is 12.8 Å². The molecule has 0 spiro atoms. The third-order valence-electron chi connectivity index (χ3n) is 3.53. The molecule has 3 nitrogen and oxygen atoms in total. The molecule has 94 valence electrons. The number of para-hydroxylation sites is 2. The van der Waals surface area contributed by atoms with Crippen molar-refractivity contribution in [1.29, 1.82) is 0 Å². The molecule has 1 saturated carbocycles. The highest BCUT2D eigenvalue weighted by Crippen LogP contribution is 2.34. The lowest BCUT2D eigenvalue weighted by atomic mass is 10.1. The third-order valence-corrected chi connectivity index (χ3v) is 3.53. The number of methoxy groups -OCH3 is 1. The molecule has 0 heterocycles. The van der Waals surface area contributed by atoms with Crippen LogP contribution in [-0.2, 0) is 0 Å². The Balaban J connectivity index is 2.04. The largest absolute Gasteiger partial charge is 0.495 e. The van der Waals surface area contributed by atoms with Crippen LogP contribution < -0.4 is 15.0 Å². The van der Waals surface area contributed by atoms with Crippen molar-refractivity contribution in [2.24, 2.45) is 5.92 Å². The Morgan fingerprint density at radius 3 is 2.71 bits per heavy atom. The molecular formula is C14H22N2O. The molecule has 0 saturated heterocycles. The van der Waals surface area contributed by atoms with Crippen molar-refractivity contribution < 1.29 is 4.74 Å². The molecule has 1 aromatic rings. The van der Waals surface area contributed by atoms with E-state index in [4.69, 9.17) is 4.74 Å². The predicted molar refractivity (Wildman–Crippen MR) is 71.8 cm³/mol. The van der Waals surface area contributed by atoms with Gasteiger partial charge in [-0.25, -0.2) is 0 Å². The Morgan fingerprint density at radius 2 is 2.12 bits per heavy atom. The molecule has 2 rings (SSSR count). The quantitative estimate of drug-likeness (QED) is 0.816. The van der Waals surface area contributed by atoms with Crippen LogP contribution in [0.4, 0.5) is 5.69 Å². The Bertz CT molecular complexity index is 363. The Hall–Kier alpha value is -1.22. The van der Waals surface area contributed by atoms with Gasteiger partial charge in [0.1, 0.15) is 5.75 Å². The van der Waals surface area contributed by atoms with Crippen molar-refractivity contribution in [3.63, 3.8) is 0 Å². The topological polar surface area (TPSA) is 24.5 Å². The van der Waals surface area contributed by atoms with Crippen molar-refractivity contribution in [3.8, 4) is 5.75 Å². The minimum atomic E-state index is 0.588. The fraction of sp³-hybridized carbons (Fsp3) is 0.571. The summed E-state index contributed by atoms with van der Waals surface area (Å²) in [4.78, 5) is 2.28. The number of hydrogen-bond donors (Lipinski definition) is 1. The van der Waals surface area contributed by atoms with Crippen molar-refractivity contribution in [2.45, 2.75) is 18.9 Å². The number of rotatable bonds is 6. The molecule has 0 radical (unpaired) electrons. The number of benzene rings is 1. The minimum absolute atomic E-state index is 0.588. The normalized spacial score (nSPS) is 16.6. The number of anilines is 1. The van der Waals surface area contributed by atoms with E-state index in [0.29, 0.717) is 6.04 Å². The number of ether oxygens (including phenoxy) is 1. The van der Waals surface area contributed by atoms with Crippen LogP contribution in [0.15, 0.2) is 24.3 Å².